The molecule has 0 amide bonds. The van der Waals surface area contributed by atoms with E-state index < -0.39 is 47.6 Å². The van der Waals surface area contributed by atoms with Gasteiger partial charge >= 0.3 is 23.9 Å². The molecule has 0 heterocycles. The summed E-state index contributed by atoms with van der Waals surface area (Å²) in [6.07, 6.45) is 1.13. The second kappa shape index (κ2) is 17.9. The van der Waals surface area contributed by atoms with Crippen LogP contribution in [0.1, 0.15) is 22.3 Å². The third-order valence-electron chi connectivity index (χ3n) is 6.81. The number of carbonyl (C=O) groups excluding carboxylic acids is 2. The molecule has 272 valence electrons. The van der Waals surface area contributed by atoms with Gasteiger partial charge in [-0.1, -0.05) is 24.3 Å². The predicted molar refractivity (Wildman–Crippen MR) is 180 cm³/mol. The lowest BCUT2D eigenvalue weighted by molar-refractivity contribution is -0.160. The van der Waals surface area contributed by atoms with Crippen LogP contribution in [0.15, 0.2) is 84.9 Å². The number of ether oxygens (including phenoxy) is 2. The minimum atomic E-state index is -1.50. The molecule has 52 heavy (non-hydrogen) atoms. The molecule has 2 atom stereocenters. The Hall–Kier alpha value is -7.36. The van der Waals surface area contributed by atoms with Crippen LogP contribution < -0.4 is 0 Å². The molecule has 0 aliphatic rings. The van der Waals surface area contributed by atoms with E-state index in [2.05, 4.69) is 0 Å². The van der Waals surface area contributed by atoms with E-state index in [9.17, 15) is 70.2 Å². The topological polar surface area (TPSA) is 289 Å². The first kappa shape index (κ1) is 39.1. The summed E-state index contributed by atoms with van der Waals surface area (Å²) in [4.78, 5) is 46.2. The summed E-state index contributed by atoms with van der Waals surface area (Å²) in [5.74, 6) is -7.47. The van der Waals surface area contributed by atoms with E-state index >= 15 is 0 Å². The number of esters is 2. The number of carboxylic acids is 2. The van der Waals surface area contributed by atoms with Gasteiger partial charge in [0, 0.05) is 25.0 Å². The van der Waals surface area contributed by atoms with Crippen molar-refractivity contribution < 1.29 is 79.7 Å². The van der Waals surface area contributed by atoms with Crippen LogP contribution in [0.4, 0.5) is 0 Å². The third-order valence-corrected chi connectivity index (χ3v) is 6.81. The molecule has 0 spiro atoms. The van der Waals surface area contributed by atoms with Gasteiger partial charge in [0.2, 0.25) is 12.2 Å². The lowest BCUT2D eigenvalue weighted by atomic mass is 10.1. The number of phenolic OH excluding ortho intramolecular Hbond substituents is 8. The Kier molecular flexibility index (Phi) is 13.4. The fourth-order valence-electron chi connectivity index (χ4n) is 4.15. The van der Waals surface area contributed by atoms with E-state index in [0.717, 1.165) is 12.2 Å². The molecule has 4 aromatic rings. The number of carbonyl (C=O) groups is 4. The van der Waals surface area contributed by atoms with Crippen LogP contribution in [0.3, 0.4) is 0 Å². The van der Waals surface area contributed by atoms with E-state index in [1.54, 1.807) is 0 Å². The zero-order chi connectivity index (χ0) is 38.5. The molecule has 0 aliphatic heterocycles. The number of hydrogen-bond donors (Lipinski definition) is 10. The second-order valence-electron chi connectivity index (χ2n) is 10.7. The minimum Gasteiger partial charge on any atom is -0.504 e. The molecule has 0 aliphatic carbocycles. The largest absolute Gasteiger partial charge is 0.504 e. The molecular weight excluding hydrogens is 688 g/mol. The zero-order valence-corrected chi connectivity index (χ0v) is 26.7. The number of rotatable bonds is 12. The SMILES string of the molecule is O=C(/C=C/c1ccc(O)c(O)c1)OC(Cc1ccc(O)c(O)c1)C(=O)O.O=C(/C=C/c1ccc(O)c(O)c1)OC(Cc1ccc(O)c(O)c1)C(=O)O. The Morgan fingerprint density at radius 3 is 1.06 bits per heavy atom. The van der Waals surface area contributed by atoms with Crippen LogP contribution in [0, 0.1) is 0 Å². The lowest BCUT2D eigenvalue weighted by Gasteiger charge is -2.13. The van der Waals surface area contributed by atoms with Crippen molar-refractivity contribution in [2.75, 3.05) is 0 Å². The maximum absolute atomic E-state index is 11.8. The molecule has 16 heteroatoms. The number of hydrogen-bond acceptors (Lipinski definition) is 14. The van der Waals surface area contributed by atoms with Crippen LogP contribution in [0.5, 0.6) is 46.0 Å². The third kappa shape index (κ3) is 12.0. The molecule has 0 saturated heterocycles. The average Bonchev–Trinajstić information content (AvgIpc) is 3.08. The number of phenols is 8. The summed E-state index contributed by atoms with van der Waals surface area (Å²) < 4.78 is 9.76. The average molecular weight is 721 g/mol. The molecule has 2 unspecified atom stereocenters. The van der Waals surface area contributed by atoms with Crippen LogP contribution in [-0.2, 0) is 41.5 Å². The quantitative estimate of drug-likeness (QED) is 0.0569. The van der Waals surface area contributed by atoms with Gasteiger partial charge in [0.05, 0.1) is 0 Å². The Morgan fingerprint density at radius 2 is 0.769 bits per heavy atom. The highest BCUT2D eigenvalue weighted by atomic mass is 16.6. The first-order chi connectivity index (χ1) is 24.5. The molecule has 0 aromatic heterocycles. The molecule has 4 rings (SSSR count). The molecule has 10 N–H and O–H groups in total. The number of carboxylic acid groups (broad SMARTS) is 2. The van der Waals surface area contributed by atoms with Crippen molar-refractivity contribution in [3.05, 3.63) is 107 Å². The zero-order valence-electron chi connectivity index (χ0n) is 26.7. The van der Waals surface area contributed by atoms with Crippen molar-refractivity contribution in [1.82, 2.24) is 0 Å². The molecule has 4 aromatic carbocycles. The number of aromatic hydroxyl groups is 8. The minimum absolute atomic E-state index is 0.206. The van der Waals surface area contributed by atoms with E-state index in [-0.39, 0.29) is 47.3 Å². The Balaban J connectivity index is 0.000000280. The van der Waals surface area contributed by atoms with E-state index in [4.69, 9.17) is 9.47 Å². The Labute approximate surface area is 293 Å². The summed E-state index contributed by atoms with van der Waals surface area (Å²) in [6.45, 7) is 0. The summed E-state index contributed by atoms with van der Waals surface area (Å²) in [7, 11) is 0. The van der Waals surface area contributed by atoms with Crippen molar-refractivity contribution >= 4 is 36.0 Å². The van der Waals surface area contributed by atoms with Crippen molar-refractivity contribution in [3.63, 3.8) is 0 Å². The standard InChI is InChI=1S/2C18H16O8/c2*19-12-4-1-10(7-14(12)21)3-6-17(23)26-16(18(24)25)9-11-2-5-13(20)15(22)8-11/h2*1-8,16,19-22H,9H2,(H,24,25)/b2*6-3+. The van der Waals surface area contributed by atoms with E-state index in [0.29, 0.717) is 22.3 Å². The molecular formula is C36H32O16. The van der Waals surface area contributed by atoms with Crippen molar-refractivity contribution in [3.8, 4) is 46.0 Å². The van der Waals surface area contributed by atoms with Crippen molar-refractivity contribution in [2.24, 2.45) is 0 Å². The molecule has 0 fully saturated rings. The van der Waals surface area contributed by atoms with Crippen LogP contribution in [0.25, 0.3) is 12.2 Å². The maximum atomic E-state index is 11.8. The molecule has 0 bridgehead atoms. The van der Waals surface area contributed by atoms with Gasteiger partial charge in [-0.05, 0) is 82.9 Å². The van der Waals surface area contributed by atoms with Gasteiger partial charge in [0.15, 0.2) is 46.0 Å². The Bertz CT molecular complexity index is 1860. The first-order valence-electron chi connectivity index (χ1n) is 14.8. The van der Waals surface area contributed by atoms with Crippen LogP contribution >= 0.6 is 0 Å². The fourth-order valence-corrected chi connectivity index (χ4v) is 4.15. The molecule has 16 nitrogen and oxygen atoms in total. The molecule has 0 radical (unpaired) electrons. The van der Waals surface area contributed by atoms with E-state index in [1.165, 1.54) is 84.9 Å². The van der Waals surface area contributed by atoms with Crippen LogP contribution in [0.2, 0.25) is 0 Å². The second-order valence-corrected chi connectivity index (χ2v) is 10.7. The highest BCUT2D eigenvalue weighted by Crippen LogP contribution is 2.28. The van der Waals surface area contributed by atoms with Gasteiger partial charge in [0.1, 0.15) is 0 Å². The number of aliphatic carboxylic acids is 2. The van der Waals surface area contributed by atoms with Gasteiger partial charge in [-0.25, -0.2) is 19.2 Å². The summed E-state index contributed by atoms with van der Waals surface area (Å²) in [5, 5.41) is 92.9. The summed E-state index contributed by atoms with van der Waals surface area (Å²) >= 11 is 0. The maximum Gasteiger partial charge on any atom is 0.345 e. The van der Waals surface area contributed by atoms with Gasteiger partial charge in [-0.15, -0.1) is 0 Å². The van der Waals surface area contributed by atoms with Gasteiger partial charge in [-0.2, -0.15) is 0 Å². The Morgan fingerprint density at radius 1 is 0.462 bits per heavy atom. The monoisotopic (exact) mass is 720 g/mol. The van der Waals surface area contributed by atoms with E-state index in [1.807, 2.05) is 0 Å². The van der Waals surface area contributed by atoms with Crippen molar-refractivity contribution in [1.29, 1.82) is 0 Å². The highest BCUT2D eigenvalue weighted by Gasteiger charge is 2.23. The van der Waals surface area contributed by atoms with Crippen LogP contribution in [-0.4, -0.2) is 87.2 Å². The smallest absolute Gasteiger partial charge is 0.345 e. The van der Waals surface area contributed by atoms with Crippen molar-refractivity contribution in [2.45, 2.75) is 25.0 Å². The predicted octanol–water partition coefficient (Wildman–Crippen LogP) is 3.52. The van der Waals surface area contributed by atoms with Gasteiger partial charge < -0.3 is 60.5 Å². The normalized spacial score (nSPS) is 12.0. The summed E-state index contributed by atoms with van der Waals surface area (Å²) in [6, 6.07) is 15.3. The lowest BCUT2D eigenvalue weighted by Crippen LogP contribution is -2.28. The summed E-state index contributed by atoms with van der Waals surface area (Å²) in [5.41, 5.74) is 1.50. The highest BCUT2D eigenvalue weighted by molar-refractivity contribution is 5.90. The van der Waals surface area contributed by atoms with Gasteiger partial charge in [0.25, 0.3) is 0 Å². The number of benzene rings is 4. The van der Waals surface area contributed by atoms with Gasteiger partial charge in [-0.3, -0.25) is 0 Å². The fraction of sp³-hybridized carbons (Fsp3) is 0.111. The molecule has 0 saturated carbocycles. The first-order valence-corrected chi connectivity index (χ1v) is 14.8.